The molecule has 1 saturated heterocycles. The molecular formula is C28H31N5O3. The van der Waals surface area contributed by atoms with Gasteiger partial charge in [-0.2, -0.15) is 5.10 Å². The Labute approximate surface area is 210 Å². The maximum absolute atomic E-state index is 11.6. The molecule has 0 unspecified atom stereocenters. The Hall–Kier alpha value is -4.07. The smallest absolute Gasteiger partial charge is 0.217 e. The van der Waals surface area contributed by atoms with Crippen LogP contribution >= 0.6 is 0 Å². The van der Waals surface area contributed by atoms with Gasteiger partial charge in [0.2, 0.25) is 5.91 Å². The number of methoxy groups -OCH3 is 2. The van der Waals surface area contributed by atoms with E-state index in [0.29, 0.717) is 11.5 Å². The van der Waals surface area contributed by atoms with Crippen LogP contribution in [0.4, 0.5) is 5.69 Å². The number of nitrogens with zero attached hydrogens (tertiary/aromatic N) is 4. The second-order valence-corrected chi connectivity index (χ2v) is 9.28. The fraction of sp³-hybridized carbons (Fsp3) is 0.321. The molecule has 1 aliphatic rings. The van der Waals surface area contributed by atoms with E-state index < -0.39 is 0 Å². The molecule has 3 heterocycles. The summed E-state index contributed by atoms with van der Waals surface area (Å²) in [6.07, 6.45) is 0.890. The van der Waals surface area contributed by atoms with Crippen molar-refractivity contribution >= 4 is 17.2 Å². The highest BCUT2D eigenvalue weighted by Gasteiger charge is 2.28. The minimum atomic E-state index is -0.00360. The molecule has 1 amide bonds. The van der Waals surface area contributed by atoms with Crippen LogP contribution in [-0.2, 0) is 4.79 Å². The number of anilines is 1. The van der Waals surface area contributed by atoms with Gasteiger partial charge in [-0.15, -0.1) is 0 Å². The van der Waals surface area contributed by atoms with Gasteiger partial charge >= 0.3 is 0 Å². The van der Waals surface area contributed by atoms with Crippen LogP contribution in [0.15, 0.2) is 48.5 Å². The Morgan fingerprint density at radius 3 is 2.42 bits per heavy atom. The quantitative estimate of drug-likeness (QED) is 0.436. The number of carbonyl (C=O) groups is 1. The second kappa shape index (κ2) is 9.53. The van der Waals surface area contributed by atoms with E-state index in [1.165, 1.54) is 5.56 Å². The standard InChI is InChI=1S/C28H31N5O3/c1-17-6-8-20(9-7-17)26-27(21-10-11-24(35-4)25(15-21)36-5)33-28(30-26)23(14-18(2)31-33)32-13-12-22(16-32)29-19(3)34/h6-11,14-15,22H,12-13,16H2,1-5H3,(H,29,34)/t22-/m1/s1. The highest BCUT2D eigenvalue weighted by atomic mass is 16.5. The highest BCUT2D eigenvalue weighted by molar-refractivity contribution is 5.86. The lowest BCUT2D eigenvalue weighted by Gasteiger charge is -2.20. The SMILES string of the molecule is COc1ccc(-c2c(-c3ccc(C)cc3)nc3c(N4CC[C@@H](NC(C)=O)C4)cc(C)nn23)cc1OC. The van der Waals surface area contributed by atoms with Gasteiger partial charge in [0.15, 0.2) is 17.1 Å². The molecule has 2 aromatic carbocycles. The van der Waals surface area contributed by atoms with Crippen LogP contribution in [0.3, 0.4) is 0 Å². The van der Waals surface area contributed by atoms with E-state index >= 15 is 0 Å². The van der Waals surface area contributed by atoms with E-state index in [0.717, 1.165) is 59.1 Å². The van der Waals surface area contributed by atoms with Crippen LogP contribution in [-0.4, -0.2) is 53.9 Å². The number of hydrogen-bond donors (Lipinski definition) is 1. The molecule has 1 N–H and O–H groups in total. The molecule has 1 aliphatic heterocycles. The number of nitrogens with one attached hydrogen (secondary N) is 1. The summed E-state index contributed by atoms with van der Waals surface area (Å²) in [7, 11) is 3.27. The van der Waals surface area contributed by atoms with Crippen LogP contribution in [0.1, 0.15) is 24.6 Å². The third-order valence-corrected chi connectivity index (χ3v) is 6.61. The summed E-state index contributed by atoms with van der Waals surface area (Å²) in [5.74, 6) is 1.30. The molecule has 2 aromatic heterocycles. The van der Waals surface area contributed by atoms with Crippen LogP contribution in [0, 0.1) is 13.8 Å². The van der Waals surface area contributed by atoms with E-state index in [1.807, 2.05) is 29.6 Å². The molecule has 0 saturated carbocycles. The molecule has 0 aliphatic carbocycles. The fourth-order valence-electron chi connectivity index (χ4n) is 4.90. The average Bonchev–Trinajstić information content (AvgIpc) is 3.48. The topological polar surface area (TPSA) is 81.0 Å². The molecule has 186 valence electrons. The van der Waals surface area contributed by atoms with Gasteiger partial charge in [-0.3, -0.25) is 4.79 Å². The number of benzene rings is 2. The Bertz CT molecular complexity index is 1430. The number of aryl methyl sites for hydroxylation is 2. The molecular weight excluding hydrogens is 454 g/mol. The average molecular weight is 486 g/mol. The van der Waals surface area contributed by atoms with Gasteiger partial charge < -0.3 is 19.7 Å². The fourth-order valence-corrected chi connectivity index (χ4v) is 4.90. The van der Waals surface area contributed by atoms with Gasteiger partial charge in [0.1, 0.15) is 5.69 Å². The van der Waals surface area contributed by atoms with Crippen LogP contribution in [0.5, 0.6) is 11.5 Å². The summed E-state index contributed by atoms with van der Waals surface area (Å²) >= 11 is 0. The van der Waals surface area contributed by atoms with E-state index in [1.54, 1.807) is 21.1 Å². The summed E-state index contributed by atoms with van der Waals surface area (Å²) in [5.41, 5.74) is 7.53. The van der Waals surface area contributed by atoms with E-state index in [9.17, 15) is 4.79 Å². The molecule has 4 aromatic rings. The zero-order valence-electron chi connectivity index (χ0n) is 21.3. The van der Waals surface area contributed by atoms with Gasteiger partial charge in [-0.1, -0.05) is 29.8 Å². The number of rotatable bonds is 6. The summed E-state index contributed by atoms with van der Waals surface area (Å²) in [4.78, 5) is 19.1. The molecule has 0 spiro atoms. The van der Waals surface area contributed by atoms with E-state index in [4.69, 9.17) is 19.6 Å². The lowest BCUT2D eigenvalue weighted by atomic mass is 10.0. The number of amides is 1. The van der Waals surface area contributed by atoms with Crippen molar-refractivity contribution in [3.05, 3.63) is 59.8 Å². The molecule has 1 atom stereocenters. The number of fused-ring (bicyclic) bond motifs is 1. The molecule has 1 fully saturated rings. The third kappa shape index (κ3) is 4.34. The maximum Gasteiger partial charge on any atom is 0.217 e. The first-order chi connectivity index (χ1) is 17.4. The lowest BCUT2D eigenvalue weighted by molar-refractivity contribution is -0.119. The number of imidazole rings is 1. The summed E-state index contributed by atoms with van der Waals surface area (Å²) in [5, 5.41) is 7.95. The first-order valence-corrected chi connectivity index (χ1v) is 12.1. The predicted molar refractivity (Wildman–Crippen MR) is 141 cm³/mol. The molecule has 36 heavy (non-hydrogen) atoms. The molecule has 8 heteroatoms. The first kappa shape index (κ1) is 23.7. The minimum Gasteiger partial charge on any atom is -0.493 e. The summed E-state index contributed by atoms with van der Waals surface area (Å²) in [6.45, 7) is 7.20. The van der Waals surface area contributed by atoms with Gasteiger partial charge in [-0.05, 0) is 44.5 Å². The predicted octanol–water partition coefficient (Wildman–Crippen LogP) is 4.41. The van der Waals surface area contributed by atoms with Gasteiger partial charge in [0, 0.05) is 37.2 Å². The van der Waals surface area contributed by atoms with Crippen molar-refractivity contribution in [3.63, 3.8) is 0 Å². The monoisotopic (exact) mass is 485 g/mol. The third-order valence-electron chi connectivity index (χ3n) is 6.61. The minimum absolute atomic E-state index is 0.00360. The van der Waals surface area contributed by atoms with Crippen LogP contribution in [0.25, 0.3) is 28.2 Å². The van der Waals surface area contributed by atoms with Crippen molar-refractivity contribution in [2.45, 2.75) is 33.2 Å². The Morgan fingerprint density at radius 1 is 1.00 bits per heavy atom. The van der Waals surface area contributed by atoms with Crippen molar-refractivity contribution in [1.82, 2.24) is 19.9 Å². The van der Waals surface area contributed by atoms with Crippen LogP contribution < -0.4 is 19.7 Å². The largest absolute Gasteiger partial charge is 0.493 e. The van der Waals surface area contributed by atoms with Gasteiger partial charge in [0.05, 0.1) is 31.3 Å². The normalized spacial score (nSPS) is 15.4. The first-order valence-electron chi connectivity index (χ1n) is 12.1. The van der Waals surface area contributed by atoms with Crippen molar-refractivity contribution < 1.29 is 14.3 Å². The maximum atomic E-state index is 11.6. The Kier molecular flexibility index (Phi) is 6.26. The molecule has 0 bridgehead atoms. The van der Waals surface area contributed by atoms with Gasteiger partial charge in [-0.25, -0.2) is 9.50 Å². The Morgan fingerprint density at radius 2 is 1.72 bits per heavy atom. The van der Waals surface area contributed by atoms with Crippen molar-refractivity contribution in [2.24, 2.45) is 0 Å². The number of aromatic nitrogens is 3. The Balaban J connectivity index is 1.72. The number of carbonyl (C=O) groups excluding carboxylic acids is 1. The lowest BCUT2D eigenvalue weighted by Crippen LogP contribution is -2.35. The van der Waals surface area contributed by atoms with Crippen molar-refractivity contribution in [1.29, 1.82) is 0 Å². The zero-order chi connectivity index (χ0) is 25.4. The number of ether oxygens (including phenoxy) is 2. The summed E-state index contributed by atoms with van der Waals surface area (Å²) in [6, 6.07) is 16.4. The molecule has 8 nitrogen and oxygen atoms in total. The second-order valence-electron chi connectivity index (χ2n) is 9.28. The van der Waals surface area contributed by atoms with Gasteiger partial charge in [0.25, 0.3) is 0 Å². The number of hydrogen-bond acceptors (Lipinski definition) is 6. The molecule has 5 rings (SSSR count). The zero-order valence-corrected chi connectivity index (χ0v) is 21.3. The summed E-state index contributed by atoms with van der Waals surface area (Å²) < 4.78 is 13.0. The van der Waals surface area contributed by atoms with Crippen molar-refractivity contribution in [3.8, 4) is 34.0 Å². The van der Waals surface area contributed by atoms with Crippen molar-refractivity contribution in [2.75, 3.05) is 32.2 Å². The van der Waals surface area contributed by atoms with Crippen LogP contribution in [0.2, 0.25) is 0 Å². The van der Waals surface area contributed by atoms with E-state index in [2.05, 4.69) is 47.5 Å². The highest BCUT2D eigenvalue weighted by Crippen LogP contribution is 2.39. The van der Waals surface area contributed by atoms with E-state index in [-0.39, 0.29) is 11.9 Å². The molecule has 0 radical (unpaired) electrons.